The fourth-order valence-corrected chi connectivity index (χ4v) is 1.56. The monoisotopic (exact) mass is 206 g/mol. The molecule has 1 heteroatoms. The van der Waals surface area contributed by atoms with Gasteiger partial charge in [-0.05, 0) is 0 Å². The second-order valence-electron chi connectivity index (χ2n) is 3.83. The highest BCUT2D eigenvalue weighted by molar-refractivity contribution is 4.51. The molecule has 0 heterocycles. The van der Waals surface area contributed by atoms with Crippen molar-refractivity contribution in [2.45, 2.75) is 85.5 Å². The van der Waals surface area contributed by atoms with Crippen LogP contribution in [-0.2, 0) is 0 Å². The Balaban J connectivity index is -0.000000151. The van der Waals surface area contributed by atoms with E-state index in [1.165, 1.54) is 64.2 Å². The lowest BCUT2D eigenvalue weighted by atomic mass is 10.0. The van der Waals surface area contributed by atoms with Gasteiger partial charge in [0.2, 0.25) is 0 Å². The van der Waals surface area contributed by atoms with Crippen molar-refractivity contribution in [3.05, 3.63) is 0 Å². The highest BCUT2D eigenvalue weighted by Crippen LogP contribution is 2.15. The van der Waals surface area contributed by atoms with E-state index in [2.05, 4.69) is 13.8 Å². The zero-order valence-electron chi connectivity index (χ0n) is 9.48. The molecule has 0 atom stereocenters. The number of hydrogen-bond donors (Lipinski definition) is 0. The molecule has 1 rings (SSSR count). The molecule has 0 aliphatic heterocycles. The van der Waals surface area contributed by atoms with Gasteiger partial charge in [0.15, 0.2) is 0 Å². The van der Waals surface area contributed by atoms with Crippen LogP contribution in [0, 0.1) is 0 Å². The summed E-state index contributed by atoms with van der Waals surface area (Å²) in [5, 5.41) is 0. The maximum absolute atomic E-state index is 2.23. The van der Waals surface area contributed by atoms with Crippen LogP contribution in [0.4, 0.5) is 4.70 Å². The molecule has 0 amide bonds. The van der Waals surface area contributed by atoms with Crippen molar-refractivity contribution < 1.29 is 4.70 Å². The van der Waals surface area contributed by atoms with E-state index in [1.54, 1.807) is 0 Å². The minimum Gasteiger partial charge on any atom is -0.269 e. The van der Waals surface area contributed by atoms with E-state index in [4.69, 9.17) is 0 Å². The topological polar surface area (TPSA) is 0 Å². The Labute approximate surface area is 90.9 Å². The number of rotatable bonds is 3. The molecule has 14 heavy (non-hydrogen) atoms. The number of unbranched alkanes of at least 4 members (excludes halogenated alkanes) is 3. The second-order valence-corrected chi connectivity index (χ2v) is 3.83. The molecule has 1 aliphatic rings. The van der Waals surface area contributed by atoms with Crippen LogP contribution in [0.5, 0.6) is 0 Å². The van der Waals surface area contributed by atoms with Gasteiger partial charge in [0, 0.05) is 0 Å². The van der Waals surface area contributed by atoms with Crippen molar-refractivity contribution in [1.29, 1.82) is 0 Å². The van der Waals surface area contributed by atoms with E-state index in [-0.39, 0.29) is 12.1 Å². The molecule has 0 unspecified atom stereocenters. The molecule has 0 nitrogen and oxygen atoms in total. The zero-order chi connectivity index (χ0) is 9.07. The fourth-order valence-electron chi connectivity index (χ4n) is 1.56. The highest BCUT2D eigenvalue weighted by Gasteiger charge is 1.95. The summed E-state index contributed by atoms with van der Waals surface area (Å²) in [5.41, 5.74) is 0. The zero-order valence-corrected chi connectivity index (χ0v) is 9.48. The first-order valence-corrected chi connectivity index (χ1v) is 5.91. The van der Waals surface area contributed by atoms with Gasteiger partial charge in [-0.3, -0.25) is 4.70 Å². The molecule has 0 aromatic carbocycles. The van der Waals surface area contributed by atoms with Gasteiger partial charge in [-0.15, -0.1) is 0 Å². The maximum Gasteiger partial charge on any atom is -0.0533 e. The summed E-state index contributed by atoms with van der Waals surface area (Å²) in [4.78, 5) is 0. The molecule has 1 fully saturated rings. The van der Waals surface area contributed by atoms with Crippen LogP contribution in [0.15, 0.2) is 0 Å². The van der Waals surface area contributed by atoms with E-state index in [1.807, 2.05) is 0 Å². The SMILES string of the molecule is C.C1CCCCC1.CCCCCC.F. The maximum atomic E-state index is 2.23. The van der Waals surface area contributed by atoms with E-state index in [9.17, 15) is 0 Å². The molecule has 0 saturated heterocycles. The molecular formula is C13H31F. The molecule has 0 aromatic rings. The van der Waals surface area contributed by atoms with Gasteiger partial charge < -0.3 is 0 Å². The summed E-state index contributed by atoms with van der Waals surface area (Å²) in [7, 11) is 0. The van der Waals surface area contributed by atoms with Gasteiger partial charge >= 0.3 is 0 Å². The van der Waals surface area contributed by atoms with Crippen LogP contribution in [0.25, 0.3) is 0 Å². The highest BCUT2D eigenvalue weighted by atomic mass is 19.0. The van der Waals surface area contributed by atoms with Crippen LogP contribution >= 0.6 is 0 Å². The smallest absolute Gasteiger partial charge is 0.0533 e. The summed E-state index contributed by atoms with van der Waals surface area (Å²) in [6, 6.07) is 0. The lowest BCUT2D eigenvalue weighted by molar-refractivity contribution is 0.504. The third-order valence-electron chi connectivity index (χ3n) is 2.46. The molecule has 0 radical (unpaired) electrons. The van der Waals surface area contributed by atoms with E-state index in [0.717, 1.165) is 0 Å². The summed E-state index contributed by atoms with van der Waals surface area (Å²) in [6.07, 6.45) is 14.5. The Morgan fingerprint density at radius 2 is 0.857 bits per heavy atom. The summed E-state index contributed by atoms with van der Waals surface area (Å²) < 4.78 is 0. The average molecular weight is 206 g/mol. The Hall–Kier alpha value is -0.0700. The molecule has 0 N–H and O–H groups in total. The molecule has 90 valence electrons. The average Bonchev–Trinajstić information content (AvgIpc) is 2.18. The number of halogens is 1. The predicted molar refractivity (Wildman–Crippen MR) is 66.8 cm³/mol. The number of hydrogen-bond acceptors (Lipinski definition) is 0. The van der Waals surface area contributed by atoms with Crippen LogP contribution in [0.3, 0.4) is 0 Å². The quantitative estimate of drug-likeness (QED) is 0.518. The van der Waals surface area contributed by atoms with E-state index in [0.29, 0.717) is 0 Å². The molecule has 0 bridgehead atoms. The van der Waals surface area contributed by atoms with Crippen LogP contribution in [-0.4, -0.2) is 0 Å². The second kappa shape index (κ2) is 18.7. The standard InChI is InChI=1S/C6H12.C6H14.CH4.FH/c1-2-4-6-5-3-1;1-3-5-6-4-2;;/h1-6H2;3-6H2,1-2H3;1H4;1H. The molecular weight excluding hydrogens is 175 g/mol. The van der Waals surface area contributed by atoms with Gasteiger partial charge in [0.05, 0.1) is 0 Å². The van der Waals surface area contributed by atoms with Gasteiger partial charge in [-0.25, -0.2) is 0 Å². The normalized spacial score (nSPS) is 14.1. The Kier molecular flexibility index (Phi) is 26.0. The molecule has 1 aliphatic carbocycles. The Morgan fingerprint density at radius 3 is 1.00 bits per heavy atom. The van der Waals surface area contributed by atoms with Crippen molar-refractivity contribution in [2.24, 2.45) is 0 Å². The molecule has 0 spiro atoms. The predicted octanol–water partition coefficient (Wildman–Crippen LogP) is 5.72. The van der Waals surface area contributed by atoms with Crippen molar-refractivity contribution >= 4 is 0 Å². The lowest BCUT2D eigenvalue weighted by Gasteiger charge is -2.05. The lowest BCUT2D eigenvalue weighted by Crippen LogP contribution is -1.85. The van der Waals surface area contributed by atoms with Gasteiger partial charge in [-0.2, -0.15) is 0 Å². The van der Waals surface area contributed by atoms with E-state index >= 15 is 0 Å². The first-order valence-electron chi connectivity index (χ1n) is 5.91. The van der Waals surface area contributed by atoms with Gasteiger partial charge in [-0.1, -0.05) is 85.5 Å². The van der Waals surface area contributed by atoms with Crippen LogP contribution in [0.1, 0.15) is 85.5 Å². The fraction of sp³-hybridized carbons (Fsp3) is 1.00. The Morgan fingerprint density at radius 1 is 0.643 bits per heavy atom. The largest absolute Gasteiger partial charge is 0.269 e. The Bertz CT molecular complexity index is 52.1. The first kappa shape index (κ1) is 19.5. The molecule has 1 saturated carbocycles. The van der Waals surface area contributed by atoms with Crippen molar-refractivity contribution in [2.75, 3.05) is 0 Å². The summed E-state index contributed by atoms with van der Waals surface area (Å²) >= 11 is 0. The van der Waals surface area contributed by atoms with Crippen LogP contribution in [0.2, 0.25) is 0 Å². The van der Waals surface area contributed by atoms with Crippen molar-refractivity contribution in [3.8, 4) is 0 Å². The summed E-state index contributed by atoms with van der Waals surface area (Å²) in [5.74, 6) is 0. The van der Waals surface area contributed by atoms with Crippen molar-refractivity contribution in [3.63, 3.8) is 0 Å². The van der Waals surface area contributed by atoms with E-state index < -0.39 is 0 Å². The van der Waals surface area contributed by atoms with Crippen molar-refractivity contribution in [1.82, 2.24) is 0 Å². The van der Waals surface area contributed by atoms with Gasteiger partial charge in [0.25, 0.3) is 0 Å². The summed E-state index contributed by atoms with van der Waals surface area (Å²) in [6.45, 7) is 4.46. The van der Waals surface area contributed by atoms with Gasteiger partial charge in [0.1, 0.15) is 0 Å². The minimum absolute atomic E-state index is 0. The third kappa shape index (κ3) is 17.9. The first-order chi connectivity index (χ1) is 5.91. The third-order valence-corrected chi connectivity index (χ3v) is 2.46. The van der Waals surface area contributed by atoms with Crippen LogP contribution < -0.4 is 0 Å². The minimum atomic E-state index is 0. The molecule has 0 aromatic heterocycles.